The normalized spacial score (nSPS) is 12.5. The predicted octanol–water partition coefficient (Wildman–Crippen LogP) is 3.92. The highest BCUT2D eigenvalue weighted by Crippen LogP contribution is 2.21. The maximum Gasteiger partial charge on any atom is 0.128 e. The van der Waals surface area contributed by atoms with E-state index >= 15 is 0 Å². The van der Waals surface area contributed by atoms with E-state index in [1.165, 1.54) is 6.07 Å². The molecule has 2 nitrogen and oxygen atoms in total. The monoisotopic (exact) mass is 280 g/mol. The molecule has 2 aromatic carbocycles. The van der Waals surface area contributed by atoms with Gasteiger partial charge < -0.3 is 5.73 Å². The SMILES string of the molecule is Cc1ccc(C(N)Cc2ccc3ccccc3n2)c(F)c1. The minimum absolute atomic E-state index is 0.247. The van der Waals surface area contributed by atoms with Crippen molar-refractivity contribution in [2.75, 3.05) is 0 Å². The summed E-state index contributed by atoms with van der Waals surface area (Å²) in [7, 11) is 0. The van der Waals surface area contributed by atoms with E-state index in [0.29, 0.717) is 12.0 Å². The van der Waals surface area contributed by atoms with Crippen LogP contribution in [0.1, 0.15) is 22.9 Å². The second-order valence-corrected chi connectivity index (χ2v) is 5.33. The Balaban J connectivity index is 1.87. The van der Waals surface area contributed by atoms with Gasteiger partial charge >= 0.3 is 0 Å². The summed E-state index contributed by atoms with van der Waals surface area (Å²) in [5.74, 6) is -0.247. The van der Waals surface area contributed by atoms with Crippen LogP contribution in [0, 0.1) is 12.7 Å². The summed E-state index contributed by atoms with van der Waals surface area (Å²) in [6.07, 6.45) is 0.519. The zero-order chi connectivity index (χ0) is 14.8. The summed E-state index contributed by atoms with van der Waals surface area (Å²) < 4.78 is 14.0. The molecule has 1 unspecified atom stereocenters. The quantitative estimate of drug-likeness (QED) is 0.789. The zero-order valence-electron chi connectivity index (χ0n) is 11.9. The highest BCUT2D eigenvalue weighted by atomic mass is 19.1. The number of benzene rings is 2. The minimum Gasteiger partial charge on any atom is -0.324 e. The van der Waals surface area contributed by atoms with Crippen molar-refractivity contribution in [3.63, 3.8) is 0 Å². The van der Waals surface area contributed by atoms with E-state index in [1.54, 1.807) is 6.07 Å². The number of pyridine rings is 1. The van der Waals surface area contributed by atoms with Crippen LogP contribution in [0.2, 0.25) is 0 Å². The fourth-order valence-electron chi connectivity index (χ4n) is 2.49. The number of fused-ring (bicyclic) bond motifs is 1. The molecule has 0 aliphatic heterocycles. The lowest BCUT2D eigenvalue weighted by atomic mass is 10.0. The molecule has 3 heteroatoms. The summed E-state index contributed by atoms with van der Waals surface area (Å²) >= 11 is 0. The van der Waals surface area contributed by atoms with Crippen LogP contribution in [0.4, 0.5) is 4.39 Å². The van der Waals surface area contributed by atoms with E-state index in [2.05, 4.69) is 4.98 Å². The maximum atomic E-state index is 14.0. The lowest BCUT2D eigenvalue weighted by molar-refractivity contribution is 0.577. The molecular formula is C18H17FN2. The van der Waals surface area contributed by atoms with Crippen molar-refractivity contribution in [1.29, 1.82) is 0 Å². The molecule has 1 atom stereocenters. The Morgan fingerprint density at radius 2 is 1.90 bits per heavy atom. The highest BCUT2D eigenvalue weighted by molar-refractivity contribution is 5.78. The van der Waals surface area contributed by atoms with Crippen LogP contribution in [-0.4, -0.2) is 4.98 Å². The molecule has 21 heavy (non-hydrogen) atoms. The standard InChI is InChI=1S/C18H17FN2/c1-12-6-9-15(16(19)10-12)17(20)11-14-8-7-13-4-2-3-5-18(13)21-14/h2-10,17H,11,20H2,1H3. The Kier molecular flexibility index (Phi) is 3.67. The van der Waals surface area contributed by atoms with Crippen molar-refractivity contribution in [2.45, 2.75) is 19.4 Å². The van der Waals surface area contributed by atoms with Crippen LogP contribution in [-0.2, 0) is 6.42 Å². The van der Waals surface area contributed by atoms with Crippen molar-refractivity contribution in [3.05, 3.63) is 77.2 Å². The van der Waals surface area contributed by atoms with Gasteiger partial charge in [0, 0.05) is 29.1 Å². The molecule has 0 saturated carbocycles. The van der Waals surface area contributed by atoms with Gasteiger partial charge in [0.1, 0.15) is 5.82 Å². The zero-order valence-corrected chi connectivity index (χ0v) is 11.9. The number of aromatic nitrogens is 1. The first-order valence-electron chi connectivity index (χ1n) is 7.00. The van der Waals surface area contributed by atoms with Crippen molar-refractivity contribution in [3.8, 4) is 0 Å². The van der Waals surface area contributed by atoms with Gasteiger partial charge in [-0.2, -0.15) is 0 Å². The molecule has 3 aromatic rings. The number of aryl methyl sites for hydroxylation is 1. The Hall–Kier alpha value is -2.26. The Morgan fingerprint density at radius 1 is 1.10 bits per heavy atom. The second-order valence-electron chi connectivity index (χ2n) is 5.33. The van der Waals surface area contributed by atoms with Gasteiger partial charge in [-0.15, -0.1) is 0 Å². The van der Waals surface area contributed by atoms with E-state index in [0.717, 1.165) is 22.2 Å². The lowest BCUT2D eigenvalue weighted by Crippen LogP contribution is -2.15. The third kappa shape index (κ3) is 2.93. The topological polar surface area (TPSA) is 38.9 Å². The number of rotatable bonds is 3. The third-order valence-electron chi connectivity index (χ3n) is 3.64. The first-order chi connectivity index (χ1) is 10.1. The number of halogens is 1. The maximum absolute atomic E-state index is 14.0. The van der Waals surface area contributed by atoms with Gasteiger partial charge in [-0.1, -0.05) is 36.4 Å². The first-order valence-corrected chi connectivity index (χ1v) is 7.00. The molecule has 0 amide bonds. The van der Waals surface area contributed by atoms with Crippen LogP contribution in [0.5, 0.6) is 0 Å². The molecule has 0 aliphatic carbocycles. The fraction of sp³-hybridized carbons (Fsp3) is 0.167. The molecule has 0 aliphatic rings. The summed E-state index contributed by atoms with van der Waals surface area (Å²) in [5.41, 5.74) is 9.39. The average Bonchev–Trinajstić information content (AvgIpc) is 2.47. The summed E-state index contributed by atoms with van der Waals surface area (Å²) in [6.45, 7) is 1.86. The molecule has 1 heterocycles. The molecule has 0 spiro atoms. The van der Waals surface area contributed by atoms with Crippen LogP contribution in [0.15, 0.2) is 54.6 Å². The van der Waals surface area contributed by atoms with Gasteiger partial charge in [-0.3, -0.25) is 4.98 Å². The van der Waals surface area contributed by atoms with Gasteiger partial charge in [0.25, 0.3) is 0 Å². The summed E-state index contributed by atoms with van der Waals surface area (Å²) in [6, 6.07) is 16.7. The van der Waals surface area contributed by atoms with Gasteiger partial charge in [-0.25, -0.2) is 4.39 Å². The largest absolute Gasteiger partial charge is 0.324 e. The van der Waals surface area contributed by atoms with E-state index < -0.39 is 0 Å². The molecule has 0 radical (unpaired) electrons. The van der Waals surface area contributed by atoms with Crippen LogP contribution < -0.4 is 5.73 Å². The Bertz CT molecular complexity index is 783. The van der Waals surface area contributed by atoms with Crippen molar-refractivity contribution < 1.29 is 4.39 Å². The number of para-hydroxylation sites is 1. The molecule has 1 aromatic heterocycles. The van der Waals surface area contributed by atoms with Crippen LogP contribution in [0.3, 0.4) is 0 Å². The predicted molar refractivity (Wildman–Crippen MR) is 83.5 cm³/mol. The third-order valence-corrected chi connectivity index (χ3v) is 3.64. The molecule has 3 rings (SSSR count). The van der Waals surface area contributed by atoms with Crippen LogP contribution in [0.25, 0.3) is 10.9 Å². The number of hydrogen-bond acceptors (Lipinski definition) is 2. The second kappa shape index (κ2) is 5.62. The van der Waals surface area contributed by atoms with E-state index in [9.17, 15) is 4.39 Å². The van der Waals surface area contributed by atoms with E-state index in [4.69, 9.17) is 5.73 Å². The average molecular weight is 280 g/mol. The van der Waals surface area contributed by atoms with Crippen molar-refractivity contribution in [2.24, 2.45) is 5.73 Å². The Labute approximate surface area is 123 Å². The van der Waals surface area contributed by atoms with Crippen LogP contribution >= 0.6 is 0 Å². The van der Waals surface area contributed by atoms with E-state index in [-0.39, 0.29) is 11.9 Å². The fourth-order valence-corrected chi connectivity index (χ4v) is 2.49. The molecule has 2 N–H and O–H groups in total. The summed E-state index contributed by atoms with van der Waals surface area (Å²) in [5, 5.41) is 1.09. The molecule has 106 valence electrons. The summed E-state index contributed by atoms with van der Waals surface area (Å²) in [4.78, 5) is 4.59. The van der Waals surface area contributed by atoms with Gasteiger partial charge in [0.2, 0.25) is 0 Å². The van der Waals surface area contributed by atoms with Crippen molar-refractivity contribution in [1.82, 2.24) is 4.98 Å². The van der Waals surface area contributed by atoms with E-state index in [1.807, 2.05) is 49.4 Å². The first kappa shape index (κ1) is 13.7. The lowest BCUT2D eigenvalue weighted by Gasteiger charge is -2.13. The van der Waals surface area contributed by atoms with Gasteiger partial charge in [0.05, 0.1) is 5.52 Å². The van der Waals surface area contributed by atoms with Gasteiger partial charge in [-0.05, 0) is 30.7 Å². The molecular weight excluding hydrogens is 263 g/mol. The molecule has 0 bridgehead atoms. The smallest absolute Gasteiger partial charge is 0.128 e. The molecule has 0 saturated heterocycles. The Morgan fingerprint density at radius 3 is 2.71 bits per heavy atom. The number of hydrogen-bond donors (Lipinski definition) is 1. The minimum atomic E-state index is -0.390. The van der Waals surface area contributed by atoms with Crippen molar-refractivity contribution >= 4 is 10.9 Å². The highest BCUT2D eigenvalue weighted by Gasteiger charge is 2.13. The number of nitrogens with zero attached hydrogens (tertiary/aromatic N) is 1. The number of nitrogens with two attached hydrogens (primary N) is 1. The van der Waals surface area contributed by atoms with Gasteiger partial charge in [0.15, 0.2) is 0 Å². The molecule has 0 fully saturated rings.